The molecule has 0 saturated carbocycles. The molecule has 1 aromatic heterocycles. The summed E-state index contributed by atoms with van der Waals surface area (Å²) in [6, 6.07) is 0. The molecule has 0 spiro atoms. The first-order valence-corrected chi connectivity index (χ1v) is 5.33. The van der Waals surface area contributed by atoms with Crippen molar-refractivity contribution < 1.29 is 32.5 Å². The second-order valence-electron chi connectivity index (χ2n) is 3.56. The summed E-state index contributed by atoms with van der Waals surface area (Å²) in [6.45, 7) is 3.03. The van der Waals surface area contributed by atoms with E-state index in [1.54, 1.807) is 6.92 Å². The van der Waals surface area contributed by atoms with Gasteiger partial charge in [0.1, 0.15) is 5.75 Å². The monoisotopic (exact) mass is 279 g/mol. The summed E-state index contributed by atoms with van der Waals surface area (Å²) in [5, 5.41) is 9.67. The van der Waals surface area contributed by atoms with Crippen molar-refractivity contribution in [3.63, 3.8) is 0 Å². The number of rotatable bonds is 4. The molecular formula is C11H12F3NO4. The van der Waals surface area contributed by atoms with E-state index in [2.05, 4.69) is 14.5 Å². The first kappa shape index (κ1) is 15.1. The summed E-state index contributed by atoms with van der Waals surface area (Å²) in [5.74, 6) is -2.01. The smallest absolute Gasteiger partial charge is 0.506 e. The molecule has 19 heavy (non-hydrogen) atoms. The van der Waals surface area contributed by atoms with Crippen LogP contribution in [0.1, 0.15) is 18.2 Å². The first-order chi connectivity index (χ1) is 8.74. The fraction of sp³-hybridized carbons (Fsp3) is 0.455. The number of aryl methyl sites for hydroxylation is 1. The van der Waals surface area contributed by atoms with E-state index in [4.69, 9.17) is 0 Å². The van der Waals surface area contributed by atoms with Crippen LogP contribution in [0.25, 0.3) is 0 Å². The number of halogens is 3. The predicted molar refractivity (Wildman–Crippen MR) is 57.7 cm³/mol. The van der Waals surface area contributed by atoms with Crippen LogP contribution < -0.4 is 4.74 Å². The zero-order valence-electron chi connectivity index (χ0n) is 10.2. The number of ether oxygens (including phenoxy) is 2. The van der Waals surface area contributed by atoms with Gasteiger partial charge in [0, 0.05) is 0 Å². The molecule has 0 aliphatic carbocycles. The Balaban J connectivity index is 3.10. The SMILES string of the molecule is CCOC(=O)Cc1c(OC(F)(F)F)cnc(C)c1O. The highest BCUT2D eigenvalue weighted by Crippen LogP contribution is 2.33. The maximum atomic E-state index is 12.2. The van der Waals surface area contributed by atoms with E-state index in [0.717, 1.165) is 6.20 Å². The fourth-order valence-electron chi connectivity index (χ4n) is 1.37. The molecule has 0 bridgehead atoms. The quantitative estimate of drug-likeness (QED) is 0.855. The molecule has 0 aromatic carbocycles. The van der Waals surface area contributed by atoms with Gasteiger partial charge >= 0.3 is 12.3 Å². The molecule has 1 rings (SSSR count). The summed E-state index contributed by atoms with van der Waals surface area (Å²) in [5.41, 5.74) is -0.211. The molecule has 0 fully saturated rings. The van der Waals surface area contributed by atoms with Gasteiger partial charge in [0.2, 0.25) is 0 Å². The molecule has 5 nitrogen and oxygen atoms in total. The molecule has 0 aliphatic rings. The number of aromatic hydroxyl groups is 1. The van der Waals surface area contributed by atoms with Gasteiger partial charge in [0.25, 0.3) is 0 Å². The van der Waals surface area contributed by atoms with Crippen LogP contribution in [0, 0.1) is 6.92 Å². The van der Waals surface area contributed by atoms with Crippen LogP contribution in [0.2, 0.25) is 0 Å². The Kier molecular flexibility index (Phi) is 4.57. The van der Waals surface area contributed by atoms with Crippen LogP contribution in [0.15, 0.2) is 6.20 Å². The molecule has 0 atom stereocenters. The molecule has 0 aliphatic heterocycles. The molecule has 1 aromatic rings. The average molecular weight is 279 g/mol. The second-order valence-corrected chi connectivity index (χ2v) is 3.56. The number of alkyl halides is 3. The molecule has 1 N–H and O–H groups in total. The van der Waals surface area contributed by atoms with Gasteiger partial charge in [-0.15, -0.1) is 13.2 Å². The third kappa shape index (κ3) is 4.31. The van der Waals surface area contributed by atoms with Crippen molar-refractivity contribution in [2.75, 3.05) is 6.61 Å². The first-order valence-electron chi connectivity index (χ1n) is 5.33. The van der Waals surface area contributed by atoms with E-state index >= 15 is 0 Å². The number of pyridine rings is 1. The number of hydrogen-bond acceptors (Lipinski definition) is 5. The lowest BCUT2D eigenvalue weighted by atomic mass is 10.1. The van der Waals surface area contributed by atoms with E-state index in [1.165, 1.54) is 6.92 Å². The van der Waals surface area contributed by atoms with E-state index in [9.17, 15) is 23.1 Å². The van der Waals surface area contributed by atoms with E-state index in [0.29, 0.717) is 0 Å². The molecule has 106 valence electrons. The van der Waals surface area contributed by atoms with Crippen LogP contribution >= 0.6 is 0 Å². The van der Waals surface area contributed by atoms with Crippen molar-refractivity contribution in [2.24, 2.45) is 0 Å². The van der Waals surface area contributed by atoms with Crippen molar-refractivity contribution in [3.05, 3.63) is 17.5 Å². The van der Waals surface area contributed by atoms with Gasteiger partial charge in [-0.1, -0.05) is 0 Å². The van der Waals surface area contributed by atoms with Crippen molar-refractivity contribution in [3.8, 4) is 11.5 Å². The Morgan fingerprint density at radius 3 is 2.63 bits per heavy atom. The maximum absolute atomic E-state index is 12.2. The third-order valence-electron chi connectivity index (χ3n) is 2.15. The van der Waals surface area contributed by atoms with Gasteiger partial charge in [-0.3, -0.25) is 9.78 Å². The second kappa shape index (κ2) is 5.77. The third-order valence-corrected chi connectivity index (χ3v) is 2.15. The topological polar surface area (TPSA) is 68.7 Å². The number of nitrogens with zero attached hydrogens (tertiary/aromatic N) is 1. The molecular weight excluding hydrogens is 267 g/mol. The van der Waals surface area contributed by atoms with E-state index < -0.39 is 30.3 Å². The van der Waals surface area contributed by atoms with Crippen LogP contribution in [0.3, 0.4) is 0 Å². The lowest BCUT2D eigenvalue weighted by Gasteiger charge is -2.14. The van der Waals surface area contributed by atoms with Gasteiger partial charge in [0.05, 0.1) is 30.5 Å². The lowest BCUT2D eigenvalue weighted by Crippen LogP contribution is -2.19. The normalized spacial score (nSPS) is 11.2. The minimum absolute atomic E-state index is 0.0825. The Hall–Kier alpha value is -1.99. The fourth-order valence-corrected chi connectivity index (χ4v) is 1.37. The lowest BCUT2D eigenvalue weighted by molar-refractivity contribution is -0.275. The highest BCUT2D eigenvalue weighted by molar-refractivity contribution is 5.75. The van der Waals surface area contributed by atoms with Gasteiger partial charge < -0.3 is 14.6 Å². The zero-order chi connectivity index (χ0) is 14.6. The van der Waals surface area contributed by atoms with Crippen molar-refractivity contribution in [2.45, 2.75) is 26.6 Å². The summed E-state index contributed by atoms with van der Waals surface area (Å²) in [6.07, 6.45) is -4.67. The van der Waals surface area contributed by atoms with Crippen molar-refractivity contribution in [1.29, 1.82) is 0 Å². The van der Waals surface area contributed by atoms with Gasteiger partial charge in [0.15, 0.2) is 5.75 Å². The van der Waals surface area contributed by atoms with Crippen LogP contribution in [0.5, 0.6) is 11.5 Å². The molecule has 0 unspecified atom stereocenters. The molecule has 0 saturated heterocycles. The molecule has 0 radical (unpaired) electrons. The van der Waals surface area contributed by atoms with Crippen LogP contribution in [-0.4, -0.2) is 29.0 Å². The zero-order valence-corrected chi connectivity index (χ0v) is 10.2. The largest absolute Gasteiger partial charge is 0.573 e. The maximum Gasteiger partial charge on any atom is 0.573 e. The number of hydrogen-bond donors (Lipinski definition) is 1. The summed E-state index contributed by atoms with van der Waals surface area (Å²) >= 11 is 0. The molecule has 0 amide bonds. The summed E-state index contributed by atoms with van der Waals surface area (Å²) in [7, 11) is 0. The van der Waals surface area contributed by atoms with Crippen LogP contribution in [0.4, 0.5) is 13.2 Å². The highest BCUT2D eigenvalue weighted by atomic mass is 19.4. The number of carbonyl (C=O) groups is 1. The van der Waals surface area contributed by atoms with Crippen molar-refractivity contribution >= 4 is 5.97 Å². The number of aromatic nitrogens is 1. The minimum Gasteiger partial charge on any atom is -0.506 e. The Bertz CT molecular complexity index is 474. The van der Waals surface area contributed by atoms with Gasteiger partial charge in [-0.2, -0.15) is 0 Å². The highest BCUT2D eigenvalue weighted by Gasteiger charge is 2.33. The van der Waals surface area contributed by atoms with Crippen molar-refractivity contribution in [1.82, 2.24) is 4.98 Å². The molecule has 1 heterocycles. The van der Waals surface area contributed by atoms with E-state index in [1.807, 2.05) is 0 Å². The summed E-state index contributed by atoms with van der Waals surface area (Å²) in [4.78, 5) is 14.9. The predicted octanol–water partition coefficient (Wildman–Crippen LogP) is 2.10. The average Bonchev–Trinajstić information content (AvgIpc) is 2.27. The van der Waals surface area contributed by atoms with Gasteiger partial charge in [-0.05, 0) is 13.8 Å². The molecule has 8 heteroatoms. The number of esters is 1. The Morgan fingerprint density at radius 1 is 1.47 bits per heavy atom. The Labute approximate surface area is 107 Å². The standard InChI is InChI=1S/C11H12F3NO4/c1-3-18-9(16)4-7-8(19-11(12,13)14)5-15-6(2)10(7)17/h5,17H,3-4H2,1-2H3. The minimum atomic E-state index is -4.94. The van der Waals surface area contributed by atoms with E-state index in [-0.39, 0.29) is 17.9 Å². The number of carbonyl (C=O) groups excluding carboxylic acids is 1. The Morgan fingerprint density at radius 2 is 2.11 bits per heavy atom. The van der Waals surface area contributed by atoms with Crippen LogP contribution in [-0.2, 0) is 16.0 Å². The van der Waals surface area contributed by atoms with Gasteiger partial charge in [-0.25, -0.2) is 0 Å². The summed E-state index contributed by atoms with van der Waals surface area (Å²) < 4.78 is 44.9.